The lowest BCUT2D eigenvalue weighted by Crippen LogP contribution is -2.31. The first-order valence-corrected chi connectivity index (χ1v) is 11.3. The molecule has 1 aliphatic carbocycles. The van der Waals surface area contributed by atoms with Crippen LogP contribution in [0.5, 0.6) is 0 Å². The van der Waals surface area contributed by atoms with Crippen LogP contribution in [-0.4, -0.2) is 33.1 Å². The fraction of sp³-hybridized carbons (Fsp3) is 0.333. The zero-order valence-electron chi connectivity index (χ0n) is 17.8. The van der Waals surface area contributed by atoms with E-state index in [2.05, 4.69) is 20.7 Å². The molecule has 1 aromatic carbocycles. The quantitative estimate of drug-likeness (QED) is 0.537. The molecule has 2 aromatic heterocycles. The summed E-state index contributed by atoms with van der Waals surface area (Å²) in [6.07, 6.45) is 8.54. The maximum atomic E-state index is 12.9. The number of aromatic nitrogens is 3. The fourth-order valence-corrected chi connectivity index (χ4v) is 4.04. The van der Waals surface area contributed by atoms with E-state index in [1.54, 1.807) is 12.4 Å². The van der Waals surface area contributed by atoms with Crippen LogP contribution in [0, 0.1) is 0 Å². The molecule has 0 bridgehead atoms. The van der Waals surface area contributed by atoms with E-state index in [4.69, 9.17) is 11.6 Å². The first kappa shape index (κ1) is 22.0. The molecule has 32 heavy (non-hydrogen) atoms. The number of benzene rings is 1. The summed E-state index contributed by atoms with van der Waals surface area (Å²) >= 11 is 6.04. The summed E-state index contributed by atoms with van der Waals surface area (Å²) in [6, 6.07) is 11.2. The molecule has 1 aliphatic rings. The third kappa shape index (κ3) is 5.34. The van der Waals surface area contributed by atoms with Gasteiger partial charge in [-0.3, -0.25) is 14.6 Å². The molecule has 2 N–H and O–H groups in total. The summed E-state index contributed by atoms with van der Waals surface area (Å²) in [5.41, 5.74) is 4.42. The average molecular weight is 452 g/mol. The van der Waals surface area contributed by atoms with E-state index in [-0.39, 0.29) is 24.8 Å². The predicted octanol–water partition coefficient (Wildman–Crippen LogP) is 3.63. The van der Waals surface area contributed by atoms with Gasteiger partial charge in [0.2, 0.25) is 5.91 Å². The minimum Gasteiger partial charge on any atom is -0.352 e. The van der Waals surface area contributed by atoms with Gasteiger partial charge in [-0.2, -0.15) is 5.10 Å². The van der Waals surface area contributed by atoms with Gasteiger partial charge in [-0.15, -0.1) is 0 Å². The van der Waals surface area contributed by atoms with Crippen molar-refractivity contribution in [2.24, 2.45) is 0 Å². The maximum Gasteiger partial charge on any atom is 0.272 e. The Balaban J connectivity index is 1.40. The Bertz CT molecular complexity index is 1080. The Morgan fingerprint density at radius 2 is 1.72 bits per heavy atom. The zero-order valence-corrected chi connectivity index (χ0v) is 18.6. The van der Waals surface area contributed by atoms with Crippen LogP contribution < -0.4 is 10.6 Å². The lowest BCUT2D eigenvalue weighted by Gasteiger charge is -2.07. The Morgan fingerprint density at radius 1 is 0.969 bits per heavy atom. The van der Waals surface area contributed by atoms with E-state index >= 15 is 0 Å². The molecular formula is C24H26ClN5O2. The van der Waals surface area contributed by atoms with Crippen molar-refractivity contribution in [2.75, 3.05) is 6.54 Å². The SMILES string of the molecule is O=C(CCNC(=O)c1nn(-c2ccc(Cl)cc2)c2c1CCCCC2)NCc1ccncc1. The number of nitrogens with zero attached hydrogens (tertiary/aromatic N) is 3. The zero-order chi connectivity index (χ0) is 22.3. The number of pyridine rings is 1. The van der Waals surface area contributed by atoms with Gasteiger partial charge < -0.3 is 10.6 Å². The van der Waals surface area contributed by atoms with Crippen LogP contribution in [0.1, 0.15) is 53.0 Å². The highest BCUT2D eigenvalue weighted by Crippen LogP contribution is 2.27. The Hall–Kier alpha value is -3.19. The van der Waals surface area contributed by atoms with Gasteiger partial charge in [0.1, 0.15) is 0 Å². The Morgan fingerprint density at radius 3 is 2.50 bits per heavy atom. The maximum absolute atomic E-state index is 12.9. The van der Waals surface area contributed by atoms with E-state index < -0.39 is 0 Å². The van der Waals surface area contributed by atoms with Gasteiger partial charge in [-0.25, -0.2) is 4.68 Å². The largest absolute Gasteiger partial charge is 0.352 e. The van der Waals surface area contributed by atoms with Crippen molar-refractivity contribution in [3.8, 4) is 5.69 Å². The van der Waals surface area contributed by atoms with E-state index in [1.165, 1.54) is 0 Å². The first-order valence-electron chi connectivity index (χ1n) is 10.9. The predicted molar refractivity (Wildman–Crippen MR) is 123 cm³/mol. The third-order valence-electron chi connectivity index (χ3n) is 5.59. The number of hydrogen-bond acceptors (Lipinski definition) is 4. The van der Waals surface area contributed by atoms with Gasteiger partial charge in [-0.1, -0.05) is 18.0 Å². The average Bonchev–Trinajstić information content (AvgIpc) is 2.99. The van der Waals surface area contributed by atoms with Crippen LogP contribution in [0.4, 0.5) is 0 Å². The highest BCUT2D eigenvalue weighted by Gasteiger charge is 2.24. The highest BCUT2D eigenvalue weighted by molar-refractivity contribution is 6.30. The van der Waals surface area contributed by atoms with Crippen molar-refractivity contribution in [2.45, 2.75) is 45.1 Å². The van der Waals surface area contributed by atoms with Crippen LogP contribution in [0.3, 0.4) is 0 Å². The van der Waals surface area contributed by atoms with Gasteiger partial charge in [0.25, 0.3) is 5.91 Å². The summed E-state index contributed by atoms with van der Waals surface area (Å²) < 4.78 is 1.87. The summed E-state index contributed by atoms with van der Waals surface area (Å²) in [4.78, 5) is 29.0. The van der Waals surface area contributed by atoms with E-state index in [0.29, 0.717) is 17.3 Å². The molecule has 4 rings (SSSR count). The molecule has 2 amide bonds. The molecule has 3 aromatic rings. The van der Waals surface area contributed by atoms with Crippen LogP contribution in [0.15, 0.2) is 48.8 Å². The normalized spacial score (nSPS) is 13.2. The number of fused-ring (bicyclic) bond motifs is 1. The summed E-state index contributed by atoms with van der Waals surface area (Å²) in [6.45, 7) is 0.692. The topological polar surface area (TPSA) is 88.9 Å². The van der Waals surface area contributed by atoms with Crippen LogP contribution >= 0.6 is 11.6 Å². The van der Waals surface area contributed by atoms with Gasteiger partial charge in [0.15, 0.2) is 5.69 Å². The molecule has 0 unspecified atom stereocenters. The van der Waals surface area contributed by atoms with Gasteiger partial charge in [0, 0.05) is 48.2 Å². The van der Waals surface area contributed by atoms with E-state index in [1.807, 2.05) is 41.1 Å². The molecule has 166 valence electrons. The first-order chi connectivity index (χ1) is 15.6. The second-order valence-corrected chi connectivity index (χ2v) is 8.30. The molecule has 0 atom stereocenters. The van der Waals surface area contributed by atoms with Gasteiger partial charge in [0.05, 0.1) is 5.69 Å². The second kappa shape index (κ2) is 10.4. The molecule has 0 aliphatic heterocycles. The van der Waals surface area contributed by atoms with Gasteiger partial charge in [-0.05, 0) is 67.6 Å². The molecule has 0 saturated heterocycles. The summed E-state index contributed by atoms with van der Waals surface area (Å²) in [7, 11) is 0. The van der Waals surface area contributed by atoms with Crippen LogP contribution in [-0.2, 0) is 24.2 Å². The van der Waals surface area contributed by atoms with Crippen LogP contribution in [0.25, 0.3) is 5.69 Å². The van der Waals surface area contributed by atoms with Crippen LogP contribution in [0.2, 0.25) is 5.02 Å². The second-order valence-electron chi connectivity index (χ2n) is 7.86. The highest BCUT2D eigenvalue weighted by atomic mass is 35.5. The van der Waals surface area contributed by atoms with Crippen molar-refractivity contribution >= 4 is 23.4 Å². The molecular weight excluding hydrogens is 426 g/mol. The van der Waals surface area contributed by atoms with E-state index in [0.717, 1.165) is 54.6 Å². The molecule has 0 saturated carbocycles. The van der Waals surface area contributed by atoms with E-state index in [9.17, 15) is 9.59 Å². The molecule has 0 spiro atoms. The standard InChI is InChI=1S/C24H26ClN5O2/c25-18-6-8-19(9-7-18)30-21-5-3-1-2-4-20(21)23(29-30)24(32)27-15-12-22(31)28-16-17-10-13-26-14-11-17/h6-11,13-14H,1-5,12,15-16H2,(H,27,32)(H,28,31). The van der Waals surface area contributed by atoms with Crippen molar-refractivity contribution in [3.05, 3.63) is 76.3 Å². The lowest BCUT2D eigenvalue weighted by molar-refractivity contribution is -0.121. The monoisotopic (exact) mass is 451 g/mol. The number of amides is 2. The summed E-state index contributed by atoms with van der Waals surface area (Å²) in [5, 5.41) is 11.0. The molecule has 2 heterocycles. The van der Waals surface area contributed by atoms with Crippen molar-refractivity contribution in [1.29, 1.82) is 0 Å². The summed E-state index contributed by atoms with van der Waals surface area (Å²) in [5.74, 6) is -0.356. The Labute approximate surface area is 192 Å². The lowest BCUT2D eigenvalue weighted by atomic mass is 10.1. The molecule has 0 fully saturated rings. The number of carbonyl (C=O) groups is 2. The van der Waals surface area contributed by atoms with Crippen molar-refractivity contribution < 1.29 is 9.59 Å². The Kier molecular flexibility index (Phi) is 7.17. The number of rotatable bonds is 7. The molecule has 7 nitrogen and oxygen atoms in total. The number of halogens is 1. The minimum absolute atomic E-state index is 0.118. The molecule has 0 radical (unpaired) electrons. The van der Waals surface area contributed by atoms with Gasteiger partial charge >= 0.3 is 0 Å². The third-order valence-corrected chi connectivity index (χ3v) is 5.85. The number of hydrogen-bond donors (Lipinski definition) is 2. The number of carbonyl (C=O) groups excluding carboxylic acids is 2. The smallest absolute Gasteiger partial charge is 0.272 e. The van der Waals surface area contributed by atoms with Crippen molar-refractivity contribution in [1.82, 2.24) is 25.4 Å². The fourth-order valence-electron chi connectivity index (χ4n) is 3.92. The minimum atomic E-state index is -0.238. The van der Waals surface area contributed by atoms with Crippen molar-refractivity contribution in [3.63, 3.8) is 0 Å². The number of nitrogens with one attached hydrogen (secondary N) is 2. The molecule has 8 heteroatoms.